The number of carbonyl (C=O) groups is 1. The summed E-state index contributed by atoms with van der Waals surface area (Å²) in [4.78, 5) is 11.4. The van der Waals surface area contributed by atoms with Crippen LogP contribution >= 0.6 is 0 Å². The molecule has 2 nitrogen and oxygen atoms in total. The van der Waals surface area contributed by atoms with E-state index in [1.54, 1.807) is 0 Å². The minimum absolute atomic E-state index is 0.0103. The fourth-order valence-electron chi connectivity index (χ4n) is 3.58. The van der Waals surface area contributed by atoms with Crippen molar-refractivity contribution in [1.29, 1.82) is 0 Å². The Morgan fingerprint density at radius 2 is 0.815 bits per heavy atom. The van der Waals surface area contributed by atoms with Crippen molar-refractivity contribution in [1.82, 2.24) is 0 Å². The van der Waals surface area contributed by atoms with Gasteiger partial charge in [-0.1, -0.05) is 129 Å². The summed E-state index contributed by atoms with van der Waals surface area (Å²) in [5.41, 5.74) is 0. The highest BCUT2D eigenvalue weighted by atomic mass is 16.5. The molecule has 0 radical (unpaired) electrons. The molecule has 0 spiro atoms. The molecule has 162 valence electrons. The Labute approximate surface area is 171 Å². The third kappa shape index (κ3) is 23.4. The minimum atomic E-state index is -0.0103. The van der Waals surface area contributed by atoms with Gasteiger partial charge in [-0.15, -0.1) is 0 Å². The molecule has 2 heteroatoms. The lowest BCUT2D eigenvalue weighted by Crippen LogP contribution is -2.05. The number of unbranched alkanes of at least 4 members (excludes halogenated alkanes) is 18. The highest BCUT2D eigenvalue weighted by Gasteiger charge is 2.01. The first kappa shape index (κ1) is 26.5. The van der Waals surface area contributed by atoms with Gasteiger partial charge in [0.05, 0.1) is 6.61 Å². The van der Waals surface area contributed by atoms with E-state index < -0.39 is 0 Å². The van der Waals surface area contributed by atoms with Crippen LogP contribution in [0.3, 0.4) is 0 Å². The summed E-state index contributed by atoms with van der Waals surface area (Å²) in [5.74, 6) is -0.0103. The van der Waals surface area contributed by atoms with Crippen LogP contribution in [-0.2, 0) is 9.53 Å². The average Bonchev–Trinajstić information content (AvgIpc) is 2.68. The molecule has 0 unspecified atom stereocenters. The van der Waals surface area contributed by atoms with Crippen LogP contribution in [0.1, 0.15) is 149 Å². The van der Waals surface area contributed by atoms with Crippen molar-refractivity contribution in [2.45, 2.75) is 149 Å². The van der Waals surface area contributed by atoms with Crippen LogP contribution in [0.25, 0.3) is 0 Å². The predicted molar refractivity (Wildman–Crippen MR) is 119 cm³/mol. The van der Waals surface area contributed by atoms with Crippen molar-refractivity contribution in [3.8, 4) is 0 Å². The molecule has 0 atom stereocenters. The number of esters is 1. The zero-order chi connectivity index (χ0) is 19.8. The van der Waals surface area contributed by atoms with Crippen LogP contribution in [0.15, 0.2) is 0 Å². The third-order valence-corrected chi connectivity index (χ3v) is 5.50. The van der Waals surface area contributed by atoms with E-state index in [9.17, 15) is 4.79 Å². The van der Waals surface area contributed by atoms with Gasteiger partial charge in [-0.2, -0.15) is 0 Å². The summed E-state index contributed by atoms with van der Waals surface area (Å²) >= 11 is 0. The Balaban J connectivity index is 3.04. The van der Waals surface area contributed by atoms with Gasteiger partial charge in [-0.25, -0.2) is 0 Å². The number of ether oxygens (including phenoxy) is 1. The molecule has 0 aliphatic rings. The maximum Gasteiger partial charge on any atom is 0.305 e. The number of hydrogen-bond donors (Lipinski definition) is 0. The van der Waals surface area contributed by atoms with E-state index in [0.29, 0.717) is 13.0 Å². The topological polar surface area (TPSA) is 26.3 Å². The lowest BCUT2D eigenvalue weighted by Gasteiger charge is -2.05. The molecule has 0 heterocycles. The van der Waals surface area contributed by atoms with Crippen molar-refractivity contribution in [2.75, 3.05) is 6.61 Å². The molecule has 0 bridgehead atoms. The lowest BCUT2D eigenvalue weighted by molar-refractivity contribution is -0.143. The Bertz CT molecular complexity index is 288. The van der Waals surface area contributed by atoms with Crippen LogP contribution < -0.4 is 0 Å². The lowest BCUT2D eigenvalue weighted by atomic mass is 10.0. The first-order valence-electron chi connectivity index (χ1n) is 12.5. The molecule has 0 saturated carbocycles. The summed E-state index contributed by atoms with van der Waals surface area (Å²) in [6.45, 7) is 5.02. The molecule has 0 aromatic rings. The van der Waals surface area contributed by atoms with E-state index in [1.165, 1.54) is 109 Å². The quantitative estimate of drug-likeness (QED) is 0.138. The molecule has 0 aromatic carbocycles. The fourth-order valence-corrected chi connectivity index (χ4v) is 3.58. The maximum absolute atomic E-state index is 11.4. The smallest absolute Gasteiger partial charge is 0.305 e. The Morgan fingerprint density at radius 3 is 1.19 bits per heavy atom. The number of carbonyl (C=O) groups excluding carboxylic acids is 1. The van der Waals surface area contributed by atoms with E-state index in [0.717, 1.165) is 19.3 Å². The van der Waals surface area contributed by atoms with E-state index >= 15 is 0 Å². The zero-order valence-corrected chi connectivity index (χ0v) is 18.9. The molecule has 0 saturated heterocycles. The fraction of sp³-hybridized carbons (Fsp3) is 0.960. The SMILES string of the molecule is CCCCCCCCCCCCCCCCCCCCOC(=O)CCCC. The standard InChI is InChI=1S/C25H50O2/c1-3-5-7-8-9-10-11-12-13-14-15-16-17-18-19-20-21-22-24-27-25(26)23-6-4-2/h3-24H2,1-2H3. The highest BCUT2D eigenvalue weighted by molar-refractivity contribution is 5.69. The monoisotopic (exact) mass is 382 g/mol. The predicted octanol–water partition coefficient (Wildman–Crippen LogP) is 8.76. The van der Waals surface area contributed by atoms with Crippen LogP contribution in [0.4, 0.5) is 0 Å². The first-order chi connectivity index (χ1) is 13.3. The van der Waals surface area contributed by atoms with Gasteiger partial charge in [0.1, 0.15) is 0 Å². The van der Waals surface area contributed by atoms with Crippen LogP contribution in [0, 0.1) is 0 Å². The van der Waals surface area contributed by atoms with Gasteiger partial charge in [0.25, 0.3) is 0 Å². The molecule has 0 rings (SSSR count). The van der Waals surface area contributed by atoms with E-state index in [-0.39, 0.29) is 5.97 Å². The van der Waals surface area contributed by atoms with Crippen LogP contribution in [-0.4, -0.2) is 12.6 Å². The maximum atomic E-state index is 11.4. The van der Waals surface area contributed by atoms with Crippen molar-refractivity contribution < 1.29 is 9.53 Å². The Morgan fingerprint density at radius 1 is 0.481 bits per heavy atom. The van der Waals surface area contributed by atoms with Crippen molar-refractivity contribution in [3.63, 3.8) is 0 Å². The molecular formula is C25H50O2. The highest BCUT2D eigenvalue weighted by Crippen LogP contribution is 2.14. The molecule has 0 aliphatic carbocycles. The van der Waals surface area contributed by atoms with Crippen molar-refractivity contribution in [3.05, 3.63) is 0 Å². The van der Waals surface area contributed by atoms with Crippen molar-refractivity contribution >= 4 is 5.97 Å². The molecular weight excluding hydrogens is 332 g/mol. The van der Waals surface area contributed by atoms with Gasteiger partial charge in [0.15, 0.2) is 0 Å². The molecule has 27 heavy (non-hydrogen) atoms. The van der Waals surface area contributed by atoms with Gasteiger partial charge >= 0.3 is 5.97 Å². The summed E-state index contributed by atoms with van der Waals surface area (Å²) in [6.07, 6.45) is 27.6. The van der Waals surface area contributed by atoms with Gasteiger partial charge in [0.2, 0.25) is 0 Å². The van der Waals surface area contributed by atoms with E-state index in [2.05, 4.69) is 13.8 Å². The molecule has 0 aliphatic heterocycles. The summed E-state index contributed by atoms with van der Waals surface area (Å²) in [6, 6.07) is 0. The van der Waals surface area contributed by atoms with Gasteiger partial charge in [-0.05, 0) is 12.8 Å². The van der Waals surface area contributed by atoms with E-state index in [4.69, 9.17) is 4.74 Å². The minimum Gasteiger partial charge on any atom is -0.466 e. The second kappa shape index (κ2) is 23.5. The molecule has 0 N–H and O–H groups in total. The van der Waals surface area contributed by atoms with Crippen LogP contribution in [0.5, 0.6) is 0 Å². The summed E-state index contributed by atoms with van der Waals surface area (Å²) < 4.78 is 5.23. The molecule has 0 amide bonds. The van der Waals surface area contributed by atoms with E-state index in [1.807, 2.05) is 0 Å². The second-order valence-electron chi connectivity index (χ2n) is 8.33. The molecule has 0 fully saturated rings. The average molecular weight is 383 g/mol. The molecule has 0 aromatic heterocycles. The van der Waals surface area contributed by atoms with Gasteiger partial charge in [0, 0.05) is 6.42 Å². The third-order valence-electron chi connectivity index (χ3n) is 5.50. The summed E-state index contributed by atoms with van der Waals surface area (Å²) in [5, 5.41) is 0. The number of rotatable bonds is 22. The summed E-state index contributed by atoms with van der Waals surface area (Å²) in [7, 11) is 0. The second-order valence-corrected chi connectivity index (χ2v) is 8.33. The number of hydrogen-bond acceptors (Lipinski definition) is 2. The van der Waals surface area contributed by atoms with Crippen LogP contribution in [0.2, 0.25) is 0 Å². The normalized spacial score (nSPS) is 11.0. The van der Waals surface area contributed by atoms with Crippen molar-refractivity contribution in [2.24, 2.45) is 0 Å². The Hall–Kier alpha value is -0.530. The largest absolute Gasteiger partial charge is 0.466 e. The van der Waals surface area contributed by atoms with Gasteiger partial charge in [-0.3, -0.25) is 4.79 Å². The zero-order valence-electron chi connectivity index (χ0n) is 18.9. The van der Waals surface area contributed by atoms with Gasteiger partial charge < -0.3 is 4.74 Å². The first-order valence-corrected chi connectivity index (χ1v) is 12.5. The Kier molecular flexibility index (Phi) is 23.0.